The van der Waals surface area contributed by atoms with Gasteiger partial charge in [0.25, 0.3) is 11.7 Å². The number of carbonyl (C=O) groups is 3. The van der Waals surface area contributed by atoms with Crippen molar-refractivity contribution >= 4 is 50.6 Å². The predicted molar refractivity (Wildman–Crippen MR) is 109 cm³/mol. The Morgan fingerprint density at radius 3 is 2.50 bits per heavy atom. The fourth-order valence-electron chi connectivity index (χ4n) is 3.35. The molecule has 7 nitrogen and oxygen atoms in total. The van der Waals surface area contributed by atoms with E-state index in [-0.39, 0.29) is 12.5 Å². The fourth-order valence-corrected chi connectivity index (χ4v) is 3.71. The Balaban J connectivity index is 1.42. The zero-order valence-electron chi connectivity index (χ0n) is 15.0. The van der Waals surface area contributed by atoms with E-state index in [9.17, 15) is 14.4 Å². The fraction of sp³-hybridized carbons (Fsp3) is 0.250. The minimum absolute atomic E-state index is 0.218. The Morgan fingerprint density at radius 2 is 1.79 bits per heavy atom. The lowest BCUT2D eigenvalue weighted by atomic mass is 10.1. The molecule has 2 aromatic rings. The Bertz CT molecular complexity index is 939. The maximum atomic E-state index is 12.4. The number of benzene rings is 2. The van der Waals surface area contributed by atoms with E-state index in [1.807, 2.05) is 24.3 Å². The molecule has 2 aromatic carbocycles. The number of ether oxygens (including phenoxy) is 1. The summed E-state index contributed by atoms with van der Waals surface area (Å²) in [6.45, 7) is 2.88. The highest BCUT2D eigenvalue weighted by atomic mass is 79.9. The molecule has 0 aromatic heterocycles. The number of anilines is 3. The first-order chi connectivity index (χ1) is 13.5. The van der Waals surface area contributed by atoms with E-state index in [0.29, 0.717) is 34.6 Å². The van der Waals surface area contributed by atoms with Crippen molar-refractivity contribution in [3.63, 3.8) is 0 Å². The van der Waals surface area contributed by atoms with Crippen LogP contribution in [0.1, 0.15) is 10.4 Å². The number of hydrogen-bond acceptors (Lipinski definition) is 5. The summed E-state index contributed by atoms with van der Waals surface area (Å²) in [6, 6.07) is 12.5. The maximum absolute atomic E-state index is 12.4. The van der Waals surface area contributed by atoms with Crippen LogP contribution >= 0.6 is 15.9 Å². The Labute approximate surface area is 170 Å². The van der Waals surface area contributed by atoms with E-state index >= 15 is 0 Å². The number of fused-ring (bicyclic) bond motifs is 1. The number of nitrogens with zero attached hydrogens (tertiary/aromatic N) is 2. The molecule has 2 aliphatic rings. The summed E-state index contributed by atoms with van der Waals surface area (Å²) in [4.78, 5) is 40.2. The SMILES string of the molecule is O=C(CN1C(=O)C(=O)c2cc(Br)ccc21)Nc1ccc(N2CCOCC2)cc1. The van der Waals surface area contributed by atoms with E-state index in [2.05, 4.69) is 26.1 Å². The number of carbonyl (C=O) groups excluding carboxylic acids is 3. The summed E-state index contributed by atoms with van der Waals surface area (Å²) in [6.07, 6.45) is 0. The third-order valence-electron chi connectivity index (χ3n) is 4.76. The summed E-state index contributed by atoms with van der Waals surface area (Å²) in [5.74, 6) is -1.65. The van der Waals surface area contributed by atoms with Crippen molar-refractivity contribution in [3.05, 3.63) is 52.5 Å². The summed E-state index contributed by atoms with van der Waals surface area (Å²) >= 11 is 3.29. The molecule has 0 aliphatic carbocycles. The minimum Gasteiger partial charge on any atom is -0.378 e. The van der Waals surface area contributed by atoms with Crippen LogP contribution in [0.15, 0.2) is 46.9 Å². The van der Waals surface area contributed by atoms with Gasteiger partial charge in [-0.2, -0.15) is 0 Å². The number of ketones is 1. The Kier molecular flexibility index (Phi) is 5.15. The van der Waals surface area contributed by atoms with Gasteiger partial charge in [-0.15, -0.1) is 0 Å². The van der Waals surface area contributed by atoms with Crippen molar-refractivity contribution in [1.82, 2.24) is 0 Å². The van der Waals surface area contributed by atoms with E-state index in [0.717, 1.165) is 18.8 Å². The molecule has 1 N–H and O–H groups in total. The molecule has 2 aliphatic heterocycles. The van der Waals surface area contributed by atoms with Gasteiger partial charge in [-0.3, -0.25) is 19.3 Å². The molecule has 0 unspecified atom stereocenters. The number of morpholine rings is 1. The first-order valence-corrected chi connectivity index (χ1v) is 9.70. The van der Waals surface area contributed by atoms with Crippen LogP contribution in [0.3, 0.4) is 0 Å². The number of rotatable bonds is 4. The van der Waals surface area contributed by atoms with Gasteiger partial charge in [0.05, 0.1) is 24.5 Å². The molecule has 144 valence electrons. The number of hydrogen-bond donors (Lipinski definition) is 1. The first kappa shape index (κ1) is 18.6. The van der Waals surface area contributed by atoms with Crippen LogP contribution in [0, 0.1) is 0 Å². The molecule has 2 amide bonds. The van der Waals surface area contributed by atoms with Crippen LogP contribution in [0.4, 0.5) is 17.1 Å². The molecular formula is C20H18BrN3O4. The molecule has 4 rings (SSSR count). The van der Waals surface area contributed by atoms with Gasteiger partial charge in [-0.05, 0) is 42.5 Å². The van der Waals surface area contributed by atoms with Crippen LogP contribution in [0.25, 0.3) is 0 Å². The van der Waals surface area contributed by atoms with Crippen molar-refractivity contribution in [2.45, 2.75) is 0 Å². The molecule has 0 atom stereocenters. The average molecular weight is 444 g/mol. The van der Waals surface area contributed by atoms with Crippen molar-refractivity contribution < 1.29 is 19.1 Å². The molecule has 1 fully saturated rings. The van der Waals surface area contributed by atoms with E-state index in [1.165, 1.54) is 4.90 Å². The molecule has 0 spiro atoms. The van der Waals surface area contributed by atoms with Crippen molar-refractivity contribution in [2.75, 3.05) is 48.0 Å². The summed E-state index contributed by atoms with van der Waals surface area (Å²) < 4.78 is 6.06. The second kappa shape index (κ2) is 7.73. The van der Waals surface area contributed by atoms with Crippen LogP contribution in [-0.2, 0) is 14.3 Å². The van der Waals surface area contributed by atoms with E-state index in [1.54, 1.807) is 18.2 Å². The normalized spacial score (nSPS) is 16.3. The maximum Gasteiger partial charge on any atom is 0.299 e. The first-order valence-electron chi connectivity index (χ1n) is 8.91. The second-order valence-electron chi connectivity index (χ2n) is 6.58. The molecule has 8 heteroatoms. The van der Waals surface area contributed by atoms with Crippen LogP contribution < -0.4 is 15.1 Å². The second-order valence-corrected chi connectivity index (χ2v) is 7.49. The highest BCUT2D eigenvalue weighted by molar-refractivity contribution is 9.10. The number of amides is 2. The van der Waals surface area contributed by atoms with Gasteiger partial charge in [0.15, 0.2) is 0 Å². The van der Waals surface area contributed by atoms with Gasteiger partial charge in [0.2, 0.25) is 5.91 Å². The van der Waals surface area contributed by atoms with Gasteiger partial charge in [0.1, 0.15) is 6.54 Å². The van der Waals surface area contributed by atoms with E-state index in [4.69, 9.17) is 4.74 Å². The quantitative estimate of drug-likeness (QED) is 0.734. The van der Waals surface area contributed by atoms with Gasteiger partial charge in [-0.1, -0.05) is 15.9 Å². The van der Waals surface area contributed by atoms with Crippen LogP contribution in [-0.4, -0.2) is 50.4 Å². The zero-order valence-corrected chi connectivity index (χ0v) is 16.6. The highest BCUT2D eigenvalue weighted by Gasteiger charge is 2.36. The summed E-state index contributed by atoms with van der Waals surface area (Å²) in [7, 11) is 0. The van der Waals surface area contributed by atoms with Crippen molar-refractivity contribution in [1.29, 1.82) is 0 Å². The van der Waals surface area contributed by atoms with Gasteiger partial charge >= 0.3 is 0 Å². The lowest BCUT2D eigenvalue weighted by Gasteiger charge is -2.28. The average Bonchev–Trinajstić information content (AvgIpc) is 2.93. The van der Waals surface area contributed by atoms with Gasteiger partial charge in [-0.25, -0.2) is 0 Å². The third kappa shape index (κ3) is 3.65. The van der Waals surface area contributed by atoms with Crippen molar-refractivity contribution in [3.8, 4) is 0 Å². The lowest BCUT2D eigenvalue weighted by Crippen LogP contribution is -2.37. The zero-order chi connectivity index (χ0) is 19.7. The molecule has 2 heterocycles. The standard InChI is InChI=1S/C20H18BrN3O4/c21-13-1-6-17-16(11-13)19(26)20(27)24(17)12-18(25)22-14-2-4-15(5-3-14)23-7-9-28-10-8-23/h1-6,11H,7-10,12H2,(H,22,25). The monoisotopic (exact) mass is 443 g/mol. The highest BCUT2D eigenvalue weighted by Crippen LogP contribution is 2.31. The lowest BCUT2D eigenvalue weighted by molar-refractivity contribution is -0.118. The van der Waals surface area contributed by atoms with Gasteiger partial charge in [0, 0.05) is 28.9 Å². The van der Waals surface area contributed by atoms with Crippen LogP contribution in [0.2, 0.25) is 0 Å². The van der Waals surface area contributed by atoms with Crippen LogP contribution in [0.5, 0.6) is 0 Å². The molecule has 28 heavy (non-hydrogen) atoms. The predicted octanol–water partition coefficient (Wildman–Crippen LogP) is 2.45. The number of nitrogens with one attached hydrogen (secondary N) is 1. The Hall–Kier alpha value is -2.71. The summed E-state index contributed by atoms with van der Waals surface area (Å²) in [5, 5.41) is 2.78. The largest absolute Gasteiger partial charge is 0.378 e. The Morgan fingerprint density at radius 1 is 1.07 bits per heavy atom. The molecule has 0 saturated carbocycles. The topological polar surface area (TPSA) is 79.0 Å². The number of halogens is 1. The molecular weight excluding hydrogens is 426 g/mol. The molecule has 0 bridgehead atoms. The van der Waals surface area contributed by atoms with Gasteiger partial charge < -0.3 is 15.0 Å². The molecule has 0 radical (unpaired) electrons. The summed E-state index contributed by atoms with van der Waals surface area (Å²) in [5.41, 5.74) is 2.47. The third-order valence-corrected chi connectivity index (χ3v) is 5.26. The minimum atomic E-state index is -0.689. The smallest absolute Gasteiger partial charge is 0.299 e. The number of Topliss-reactive ketones (excluding diaryl/α,β-unsaturated/α-hetero) is 1. The molecule has 1 saturated heterocycles. The van der Waals surface area contributed by atoms with Crippen molar-refractivity contribution in [2.24, 2.45) is 0 Å². The van der Waals surface area contributed by atoms with E-state index < -0.39 is 11.7 Å².